The molecule has 0 radical (unpaired) electrons. The molecule has 0 aliphatic heterocycles. The first kappa shape index (κ1) is 14.4. The Hall–Kier alpha value is -0.135. The lowest BCUT2D eigenvalue weighted by Gasteiger charge is -2.14. The van der Waals surface area contributed by atoms with Gasteiger partial charge in [0.1, 0.15) is 0 Å². The van der Waals surface area contributed by atoms with Crippen LogP contribution < -0.4 is 11.6 Å². The summed E-state index contributed by atoms with van der Waals surface area (Å²) in [6.45, 7) is 5.16. The molecule has 6 heteroatoms. The van der Waals surface area contributed by atoms with E-state index in [1.54, 1.807) is 0 Å². The first-order chi connectivity index (χ1) is 5.66. The summed E-state index contributed by atoms with van der Waals surface area (Å²) < 4.78 is 0. The fourth-order valence-corrected chi connectivity index (χ4v) is 0.595. The number of rotatable bonds is 5. The van der Waals surface area contributed by atoms with Crippen molar-refractivity contribution in [1.82, 2.24) is 5.01 Å². The van der Waals surface area contributed by atoms with Crippen LogP contribution >= 0.6 is 0 Å². The van der Waals surface area contributed by atoms with Crippen LogP contribution in [-0.2, 0) is 0 Å². The van der Waals surface area contributed by atoms with Crippen LogP contribution in [0.1, 0.15) is 20.3 Å². The molecule has 0 atom stereocenters. The predicted octanol–water partition coefficient (Wildman–Crippen LogP) is -1.45. The molecule has 0 unspecified atom stereocenters. The van der Waals surface area contributed by atoms with Gasteiger partial charge in [0, 0.05) is 13.0 Å². The zero-order chi connectivity index (χ0) is 9.98. The molecule has 0 aromatic heterocycles. The highest BCUT2D eigenvalue weighted by Gasteiger charge is 2.09. The summed E-state index contributed by atoms with van der Waals surface area (Å²) in [7, 11) is -1.36. The summed E-state index contributed by atoms with van der Waals surface area (Å²) in [5.41, 5.74) is 5.20. The van der Waals surface area contributed by atoms with E-state index in [0.717, 1.165) is 6.42 Å². The lowest BCUT2D eigenvalue weighted by atomic mass is 9.92. The van der Waals surface area contributed by atoms with E-state index in [-0.39, 0.29) is 6.44 Å². The lowest BCUT2D eigenvalue weighted by Crippen LogP contribution is -2.41. The van der Waals surface area contributed by atoms with Crippen molar-refractivity contribution in [3.05, 3.63) is 0 Å². The van der Waals surface area contributed by atoms with Crippen molar-refractivity contribution in [2.75, 3.05) is 19.5 Å². The number of nitrogens with two attached hydrogens (primary N) is 2. The molecule has 6 N–H and O–H groups in total. The summed E-state index contributed by atoms with van der Waals surface area (Å²) >= 11 is 0. The fourth-order valence-electron chi connectivity index (χ4n) is 0.595. The normalized spacial score (nSPS) is 9.25. The minimum Gasteiger partial charge on any atom is -0.426 e. The summed E-state index contributed by atoms with van der Waals surface area (Å²) in [5, 5.41) is 18.2. The average Bonchev–Trinajstić information content (AvgIpc) is 2.03. The Kier molecular flexibility index (Phi) is 13.0. The Morgan fingerprint density at radius 1 is 1.33 bits per heavy atom. The predicted molar refractivity (Wildman–Crippen MR) is 51.0 cm³/mol. The number of hydrazine groups is 1. The van der Waals surface area contributed by atoms with Gasteiger partial charge in [0.2, 0.25) is 0 Å². The lowest BCUT2D eigenvalue weighted by molar-refractivity contribution is 0.283. The van der Waals surface area contributed by atoms with E-state index < -0.39 is 7.12 Å². The van der Waals surface area contributed by atoms with Gasteiger partial charge < -0.3 is 15.8 Å². The number of hydrogen-bond acceptors (Lipinski definition) is 5. The van der Waals surface area contributed by atoms with Gasteiger partial charge in [0.25, 0.3) is 0 Å². The maximum Gasteiger partial charge on any atom is 0.468 e. The standard InChI is InChI=1S/C4H14BN3O2.C2H6/c6-2-1-3-8(7)4-5(9)10;1-2/h9-10H,1-4,6-7H2;1-2H3. The van der Waals surface area contributed by atoms with Crippen molar-refractivity contribution in [3.63, 3.8) is 0 Å². The first-order valence-corrected chi connectivity index (χ1v) is 4.22. The third-order valence-electron chi connectivity index (χ3n) is 1.05. The second kappa shape index (κ2) is 10.9. The molecule has 0 aliphatic rings. The van der Waals surface area contributed by atoms with E-state index in [0.29, 0.717) is 13.1 Å². The molecule has 0 fully saturated rings. The SMILES string of the molecule is CC.NCCCN(N)CB(O)O. The van der Waals surface area contributed by atoms with Crippen LogP contribution in [0, 0.1) is 0 Å². The molecule has 0 amide bonds. The maximum absolute atomic E-state index is 8.42. The van der Waals surface area contributed by atoms with Crippen LogP contribution in [0.2, 0.25) is 0 Å². The average molecular weight is 177 g/mol. The van der Waals surface area contributed by atoms with E-state index in [1.165, 1.54) is 5.01 Å². The molecule has 0 saturated carbocycles. The van der Waals surface area contributed by atoms with Crippen LogP contribution in [-0.4, -0.2) is 41.7 Å². The van der Waals surface area contributed by atoms with Crippen LogP contribution in [0.4, 0.5) is 0 Å². The van der Waals surface area contributed by atoms with E-state index in [2.05, 4.69) is 0 Å². The van der Waals surface area contributed by atoms with Crippen molar-refractivity contribution >= 4 is 7.12 Å². The summed E-state index contributed by atoms with van der Waals surface area (Å²) in [6, 6.07) is 0. The topological polar surface area (TPSA) is 95.7 Å². The summed E-state index contributed by atoms with van der Waals surface area (Å²) in [5.74, 6) is 5.32. The molecular weight excluding hydrogens is 157 g/mol. The van der Waals surface area contributed by atoms with Crippen LogP contribution in [0.15, 0.2) is 0 Å². The zero-order valence-electron chi connectivity index (χ0n) is 7.90. The van der Waals surface area contributed by atoms with Gasteiger partial charge >= 0.3 is 7.12 Å². The number of hydrogen-bond donors (Lipinski definition) is 4. The first-order valence-electron chi connectivity index (χ1n) is 4.22. The highest BCUT2D eigenvalue weighted by Crippen LogP contribution is 1.81. The van der Waals surface area contributed by atoms with Crippen molar-refractivity contribution < 1.29 is 10.0 Å². The van der Waals surface area contributed by atoms with Crippen molar-refractivity contribution in [2.24, 2.45) is 11.6 Å². The highest BCUT2D eigenvalue weighted by atomic mass is 16.4. The number of nitrogens with zero attached hydrogens (tertiary/aromatic N) is 1. The molecule has 0 aliphatic carbocycles. The van der Waals surface area contributed by atoms with Crippen LogP contribution in [0.5, 0.6) is 0 Å². The third kappa shape index (κ3) is 12.5. The van der Waals surface area contributed by atoms with Crippen LogP contribution in [0.3, 0.4) is 0 Å². The molecule has 0 heterocycles. The highest BCUT2D eigenvalue weighted by molar-refractivity contribution is 6.41. The molecule has 0 aromatic carbocycles. The van der Waals surface area contributed by atoms with Gasteiger partial charge in [-0.05, 0) is 13.0 Å². The monoisotopic (exact) mass is 177 g/mol. The fraction of sp³-hybridized carbons (Fsp3) is 1.00. The minimum atomic E-state index is -1.36. The van der Waals surface area contributed by atoms with Gasteiger partial charge in [-0.1, -0.05) is 13.8 Å². The van der Waals surface area contributed by atoms with Crippen molar-refractivity contribution in [2.45, 2.75) is 20.3 Å². The summed E-state index contributed by atoms with van der Waals surface area (Å²) in [6.07, 6.45) is 0.837. The Labute approximate surface area is 74.5 Å². The van der Waals surface area contributed by atoms with E-state index in [1.807, 2.05) is 13.8 Å². The van der Waals surface area contributed by atoms with Gasteiger partial charge in [-0.25, -0.2) is 5.01 Å². The van der Waals surface area contributed by atoms with Gasteiger partial charge in [-0.2, -0.15) is 0 Å². The molecule has 74 valence electrons. The molecule has 0 bridgehead atoms. The quantitative estimate of drug-likeness (QED) is 0.234. The molecular formula is C6H20BN3O2. The van der Waals surface area contributed by atoms with Gasteiger partial charge in [0.05, 0.1) is 0 Å². The molecule has 0 spiro atoms. The molecule has 12 heavy (non-hydrogen) atoms. The van der Waals surface area contributed by atoms with Crippen molar-refractivity contribution in [3.8, 4) is 0 Å². The Balaban J connectivity index is 0. The maximum atomic E-state index is 8.42. The molecule has 0 rings (SSSR count). The molecule has 5 nitrogen and oxygen atoms in total. The Morgan fingerprint density at radius 3 is 2.17 bits per heavy atom. The molecule has 0 saturated heterocycles. The van der Waals surface area contributed by atoms with Gasteiger partial charge in [0.15, 0.2) is 0 Å². The van der Waals surface area contributed by atoms with E-state index in [4.69, 9.17) is 21.6 Å². The van der Waals surface area contributed by atoms with E-state index >= 15 is 0 Å². The minimum absolute atomic E-state index is 0.0694. The summed E-state index contributed by atoms with van der Waals surface area (Å²) in [4.78, 5) is 0. The zero-order valence-corrected chi connectivity index (χ0v) is 7.90. The van der Waals surface area contributed by atoms with Gasteiger partial charge in [-0.3, -0.25) is 5.84 Å². The largest absolute Gasteiger partial charge is 0.468 e. The second-order valence-corrected chi connectivity index (χ2v) is 2.12. The molecule has 0 aromatic rings. The van der Waals surface area contributed by atoms with Crippen LogP contribution in [0.25, 0.3) is 0 Å². The Morgan fingerprint density at radius 2 is 1.83 bits per heavy atom. The third-order valence-corrected chi connectivity index (χ3v) is 1.05. The van der Waals surface area contributed by atoms with Crippen molar-refractivity contribution in [1.29, 1.82) is 0 Å². The Bertz CT molecular complexity index is 85.2. The van der Waals surface area contributed by atoms with E-state index in [9.17, 15) is 0 Å². The second-order valence-electron chi connectivity index (χ2n) is 2.12. The van der Waals surface area contributed by atoms with Gasteiger partial charge in [-0.15, -0.1) is 0 Å². The smallest absolute Gasteiger partial charge is 0.426 e.